The number of rotatable bonds is 4. The Hall–Kier alpha value is -1.33. The lowest BCUT2D eigenvalue weighted by molar-refractivity contribution is 0.433. The van der Waals surface area contributed by atoms with Crippen LogP contribution in [-0.4, -0.2) is 6.54 Å². The van der Waals surface area contributed by atoms with Crippen molar-refractivity contribution in [3.63, 3.8) is 0 Å². The predicted octanol–water partition coefficient (Wildman–Crippen LogP) is 4.57. The van der Waals surface area contributed by atoms with Crippen LogP contribution in [0, 0.1) is 17.5 Å². The highest BCUT2D eigenvalue weighted by atomic mass is 79.9. The van der Waals surface area contributed by atoms with Crippen molar-refractivity contribution in [1.29, 1.82) is 0 Å². The van der Waals surface area contributed by atoms with Crippen molar-refractivity contribution in [2.75, 3.05) is 6.54 Å². The van der Waals surface area contributed by atoms with Crippen LogP contribution in [-0.2, 0) is 0 Å². The van der Waals surface area contributed by atoms with Crippen molar-refractivity contribution in [2.24, 2.45) is 0 Å². The largest absolute Gasteiger partial charge is 0.306 e. The Kier molecular flexibility index (Phi) is 4.83. The molecule has 0 aliphatic rings. The summed E-state index contributed by atoms with van der Waals surface area (Å²) in [5.41, 5.74) is 0.869. The second-order valence-corrected chi connectivity index (χ2v) is 5.22. The third kappa shape index (κ3) is 3.04. The van der Waals surface area contributed by atoms with Gasteiger partial charge in [-0.1, -0.05) is 41.1 Å². The van der Waals surface area contributed by atoms with E-state index in [9.17, 15) is 13.2 Å². The molecule has 2 rings (SSSR count). The van der Waals surface area contributed by atoms with E-state index in [1.165, 1.54) is 6.07 Å². The maximum Gasteiger partial charge on any atom is 0.194 e. The molecule has 1 unspecified atom stereocenters. The molecule has 0 fully saturated rings. The van der Waals surface area contributed by atoms with Crippen molar-refractivity contribution < 1.29 is 13.2 Å². The van der Waals surface area contributed by atoms with E-state index >= 15 is 0 Å². The smallest absolute Gasteiger partial charge is 0.194 e. The standard InChI is InChI=1S/C15H13BrF3N/c1-2-20-15(9-3-5-10(16)6-4-9)11-7-8-12(17)14(19)13(11)18/h3-8,15,20H,2H2,1H3. The van der Waals surface area contributed by atoms with Crippen LogP contribution in [0.4, 0.5) is 13.2 Å². The lowest BCUT2D eigenvalue weighted by Gasteiger charge is -2.20. The van der Waals surface area contributed by atoms with Gasteiger partial charge in [0.05, 0.1) is 6.04 Å². The van der Waals surface area contributed by atoms with Crippen LogP contribution in [0.5, 0.6) is 0 Å². The van der Waals surface area contributed by atoms with Gasteiger partial charge in [0, 0.05) is 10.0 Å². The van der Waals surface area contributed by atoms with Gasteiger partial charge in [-0.15, -0.1) is 0 Å². The molecule has 2 aromatic carbocycles. The molecule has 0 saturated carbocycles. The van der Waals surface area contributed by atoms with Gasteiger partial charge in [-0.25, -0.2) is 13.2 Å². The van der Waals surface area contributed by atoms with E-state index in [0.717, 1.165) is 16.1 Å². The maximum absolute atomic E-state index is 13.9. The molecule has 0 aromatic heterocycles. The van der Waals surface area contributed by atoms with Crippen LogP contribution in [0.3, 0.4) is 0 Å². The maximum atomic E-state index is 13.9. The molecule has 106 valence electrons. The van der Waals surface area contributed by atoms with Gasteiger partial charge in [-0.05, 0) is 30.3 Å². The molecule has 0 heterocycles. The molecule has 0 aliphatic heterocycles. The average Bonchev–Trinajstić information content (AvgIpc) is 2.44. The minimum absolute atomic E-state index is 0.0908. The summed E-state index contributed by atoms with van der Waals surface area (Å²) in [5, 5.41) is 3.08. The van der Waals surface area contributed by atoms with Crippen molar-refractivity contribution >= 4 is 15.9 Å². The van der Waals surface area contributed by atoms with Gasteiger partial charge < -0.3 is 5.32 Å². The van der Waals surface area contributed by atoms with Crippen LogP contribution >= 0.6 is 15.9 Å². The van der Waals surface area contributed by atoms with Crippen LogP contribution in [0.2, 0.25) is 0 Å². The summed E-state index contributed by atoms with van der Waals surface area (Å²) in [5.74, 6) is -3.78. The van der Waals surface area contributed by atoms with E-state index < -0.39 is 23.5 Å². The highest BCUT2D eigenvalue weighted by molar-refractivity contribution is 9.10. The molecule has 20 heavy (non-hydrogen) atoms. The minimum atomic E-state index is -1.44. The molecular formula is C15H13BrF3N. The van der Waals surface area contributed by atoms with Gasteiger partial charge in [0.15, 0.2) is 17.5 Å². The number of benzene rings is 2. The first-order valence-electron chi connectivity index (χ1n) is 6.16. The van der Waals surface area contributed by atoms with Crippen LogP contribution < -0.4 is 5.32 Å². The summed E-state index contributed by atoms with van der Waals surface area (Å²) in [6.45, 7) is 2.43. The quantitative estimate of drug-likeness (QED) is 0.802. The molecule has 5 heteroatoms. The molecule has 0 bridgehead atoms. The zero-order valence-electron chi connectivity index (χ0n) is 10.8. The highest BCUT2D eigenvalue weighted by Gasteiger charge is 2.21. The first kappa shape index (κ1) is 15.1. The summed E-state index contributed by atoms with van der Waals surface area (Å²) >= 11 is 3.32. The SMILES string of the molecule is CCNC(c1ccc(Br)cc1)c1ccc(F)c(F)c1F. The third-order valence-electron chi connectivity index (χ3n) is 2.99. The van der Waals surface area contributed by atoms with Crippen molar-refractivity contribution in [3.05, 3.63) is 69.4 Å². The fourth-order valence-electron chi connectivity index (χ4n) is 2.03. The molecule has 0 spiro atoms. The third-order valence-corrected chi connectivity index (χ3v) is 3.52. The van der Waals surface area contributed by atoms with Crippen molar-refractivity contribution in [2.45, 2.75) is 13.0 Å². The molecule has 2 aromatic rings. The Morgan fingerprint density at radius 2 is 1.65 bits per heavy atom. The van der Waals surface area contributed by atoms with Gasteiger partial charge in [0.2, 0.25) is 0 Å². The van der Waals surface area contributed by atoms with E-state index in [0.29, 0.717) is 6.54 Å². The van der Waals surface area contributed by atoms with E-state index in [-0.39, 0.29) is 5.56 Å². The Morgan fingerprint density at radius 3 is 2.25 bits per heavy atom. The zero-order chi connectivity index (χ0) is 14.7. The monoisotopic (exact) mass is 343 g/mol. The van der Waals surface area contributed by atoms with Gasteiger partial charge in [0.1, 0.15) is 0 Å². The molecule has 0 aliphatic carbocycles. The van der Waals surface area contributed by atoms with Crippen LogP contribution in [0.25, 0.3) is 0 Å². The first-order valence-corrected chi connectivity index (χ1v) is 6.96. The van der Waals surface area contributed by atoms with Crippen molar-refractivity contribution in [1.82, 2.24) is 5.32 Å². The Balaban J connectivity index is 2.48. The van der Waals surface area contributed by atoms with E-state index in [4.69, 9.17) is 0 Å². The summed E-state index contributed by atoms with van der Waals surface area (Å²) in [7, 11) is 0. The molecule has 1 N–H and O–H groups in total. The zero-order valence-corrected chi connectivity index (χ0v) is 12.3. The van der Waals surface area contributed by atoms with E-state index in [1.807, 2.05) is 19.1 Å². The minimum Gasteiger partial charge on any atom is -0.306 e. The fraction of sp³-hybridized carbons (Fsp3) is 0.200. The van der Waals surface area contributed by atoms with Gasteiger partial charge in [0.25, 0.3) is 0 Å². The second kappa shape index (κ2) is 6.41. The van der Waals surface area contributed by atoms with E-state index in [2.05, 4.69) is 21.2 Å². The molecule has 1 atom stereocenters. The molecule has 0 saturated heterocycles. The number of hydrogen-bond acceptors (Lipinski definition) is 1. The lowest BCUT2D eigenvalue weighted by atomic mass is 9.98. The van der Waals surface area contributed by atoms with Crippen LogP contribution in [0.15, 0.2) is 40.9 Å². The Bertz CT molecular complexity index is 599. The number of hydrogen-bond donors (Lipinski definition) is 1. The number of halogens is 4. The summed E-state index contributed by atoms with van der Waals surface area (Å²) < 4.78 is 41.2. The van der Waals surface area contributed by atoms with Crippen LogP contribution in [0.1, 0.15) is 24.1 Å². The van der Waals surface area contributed by atoms with Crippen molar-refractivity contribution in [3.8, 4) is 0 Å². The lowest BCUT2D eigenvalue weighted by Crippen LogP contribution is -2.23. The Morgan fingerprint density at radius 1 is 1.00 bits per heavy atom. The topological polar surface area (TPSA) is 12.0 Å². The molecular weight excluding hydrogens is 331 g/mol. The highest BCUT2D eigenvalue weighted by Crippen LogP contribution is 2.27. The number of nitrogens with one attached hydrogen (secondary N) is 1. The summed E-state index contributed by atoms with van der Waals surface area (Å²) in [6.07, 6.45) is 0. The summed E-state index contributed by atoms with van der Waals surface area (Å²) in [4.78, 5) is 0. The van der Waals surface area contributed by atoms with Gasteiger partial charge >= 0.3 is 0 Å². The second-order valence-electron chi connectivity index (χ2n) is 4.31. The average molecular weight is 344 g/mol. The fourth-order valence-corrected chi connectivity index (χ4v) is 2.29. The normalized spacial score (nSPS) is 12.4. The molecule has 0 amide bonds. The first-order chi connectivity index (χ1) is 9.54. The predicted molar refractivity (Wildman–Crippen MR) is 76.0 cm³/mol. The molecule has 0 radical (unpaired) electrons. The van der Waals surface area contributed by atoms with Gasteiger partial charge in [-0.3, -0.25) is 0 Å². The van der Waals surface area contributed by atoms with Gasteiger partial charge in [-0.2, -0.15) is 0 Å². The van der Waals surface area contributed by atoms with E-state index in [1.54, 1.807) is 12.1 Å². The molecule has 1 nitrogen and oxygen atoms in total. The summed E-state index contributed by atoms with van der Waals surface area (Å²) in [6, 6.07) is 8.92. The Labute approximate surface area is 123 Å².